The van der Waals surface area contributed by atoms with Crippen LogP contribution < -0.4 is 5.32 Å². The summed E-state index contributed by atoms with van der Waals surface area (Å²) in [6.07, 6.45) is 2.74. The maximum Gasteiger partial charge on any atom is 0.239 e. The predicted molar refractivity (Wildman–Crippen MR) is 71.3 cm³/mol. The number of thioether (sulfide) groups is 1. The number of amides is 1. The van der Waals surface area contributed by atoms with E-state index >= 15 is 0 Å². The normalized spacial score (nSPS) is 12.8. The highest BCUT2D eigenvalue weighted by molar-refractivity contribution is 7.99. The summed E-state index contributed by atoms with van der Waals surface area (Å²) < 4.78 is 1.61. The van der Waals surface area contributed by atoms with Crippen LogP contribution in [-0.2, 0) is 11.8 Å². The number of carbonyl (C=O) groups excluding carboxylic acids is 1. The molecule has 17 heavy (non-hydrogen) atoms. The molecule has 0 bridgehead atoms. The first-order valence-corrected chi connectivity index (χ1v) is 7.03. The van der Waals surface area contributed by atoms with Crippen LogP contribution in [0, 0.1) is 0 Å². The Balaban J connectivity index is 2.77. The van der Waals surface area contributed by atoms with Crippen LogP contribution in [0.4, 0.5) is 5.95 Å². The minimum Gasteiger partial charge on any atom is -0.294 e. The summed E-state index contributed by atoms with van der Waals surface area (Å²) in [4.78, 5) is 16.2. The first kappa shape index (κ1) is 14.0. The number of nitrogens with zero attached hydrogens (tertiary/aromatic N) is 3. The van der Waals surface area contributed by atoms with Crippen LogP contribution in [0.5, 0.6) is 0 Å². The second-order valence-corrected chi connectivity index (χ2v) is 5.23. The van der Waals surface area contributed by atoms with E-state index in [1.165, 1.54) is 0 Å². The molecule has 0 aromatic carbocycles. The molecular weight excluding hydrogens is 236 g/mol. The SMILES string of the molecule is CC[C@@H](SC)C(=O)Nc1nc(C(C)C)nn1C. The molecule has 0 aliphatic rings. The van der Waals surface area contributed by atoms with Crippen LogP contribution in [0.2, 0.25) is 0 Å². The van der Waals surface area contributed by atoms with Gasteiger partial charge >= 0.3 is 0 Å². The highest BCUT2D eigenvalue weighted by Crippen LogP contribution is 2.15. The third-order valence-electron chi connectivity index (χ3n) is 2.48. The maximum atomic E-state index is 11.9. The van der Waals surface area contributed by atoms with Crippen molar-refractivity contribution in [2.24, 2.45) is 7.05 Å². The molecule has 0 aliphatic heterocycles. The number of rotatable bonds is 5. The van der Waals surface area contributed by atoms with Crippen molar-refractivity contribution in [3.63, 3.8) is 0 Å². The number of carbonyl (C=O) groups is 1. The summed E-state index contributed by atoms with van der Waals surface area (Å²) in [7, 11) is 1.79. The van der Waals surface area contributed by atoms with Gasteiger partial charge in [-0.05, 0) is 12.7 Å². The Morgan fingerprint density at radius 3 is 2.59 bits per heavy atom. The standard InChI is InChI=1S/C11H20N4OS/c1-6-8(17-5)10(16)13-11-12-9(7(2)3)14-15(11)4/h7-8H,6H2,1-5H3,(H,12,13,14,16)/t8-/m1/s1. The fourth-order valence-corrected chi connectivity index (χ4v) is 2.01. The molecule has 0 saturated heterocycles. The van der Waals surface area contributed by atoms with Crippen molar-refractivity contribution < 1.29 is 4.79 Å². The van der Waals surface area contributed by atoms with Crippen LogP contribution in [0.15, 0.2) is 0 Å². The van der Waals surface area contributed by atoms with E-state index in [4.69, 9.17) is 0 Å². The van der Waals surface area contributed by atoms with Gasteiger partial charge in [0.05, 0.1) is 5.25 Å². The minimum absolute atomic E-state index is 0.00851. The number of aryl methyl sites for hydroxylation is 1. The fraction of sp³-hybridized carbons (Fsp3) is 0.727. The molecule has 0 radical (unpaired) electrons. The van der Waals surface area contributed by atoms with E-state index in [1.54, 1.807) is 23.5 Å². The van der Waals surface area contributed by atoms with Gasteiger partial charge in [-0.25, -0.2) is 4.68 Å². The average Bonchev–Trinajstić information content (AvgIpc) is 2.62. The summed E-state index contributed by atoms with van der Waals surface area (Å²) >= 11 is 1.55. The zero-order valence-corrected chi connectivity index (χ0v) is 11.8. The summed E-state index contributed by atoms with van der Waals surface area (Å²) in [5, 5.41) is 7.04. The van der Waals surface area contributed by atoms with Crippen LogP contribution in [0.3, 0.4) is 0 Å². The quantitative estimate of drug-likeness (QED) is 0.875. The predicted octanol–water partition coefficient (Wildman–Crippen LogP) is 2.02. The molecule has 96 valence electrons. The van der Waals surface area contributed by atoms with E-state index in [9.17, 15) is 4.79 Å². The zero-order chi connectivity index (χ0) is 13.0. The van der Waals surface area contributed by atoms with Crippen molar-refractivity contribution in [3.8, 4) is 0 Å². The second-order valence-electron chi connectivity index (χ2n) is 4.19. The van der Waals surface area contributed by atoms with E-state index in [1.807, 2.05) is 27.0 Å². The van der Waals surface area contributed by atoms with Crippen molar-refractivity contribution in [3.05, 3.63) is 5.82 Å². The highest BCUT2D eigenvalue weighted by Gasteiger charge is 2.18. The van der Waals surface area contributed by atoms with Gasteiger partial charge in [-0.15, -0.1) is 0 Å². The lowest BCUT2D eigenvalue weighted by Gasteiger charge is -2.10. The summed E-state index contributed by atoms with van der Waals surface area (Å²) in [5.41, 5.74) is 0. The fourth-order valence-electron chi connectivity index (χ4n) is 1.41. The molecule has 5 nitrogen and oxygen atoms in total. The molecule has 6 heteroatoms. The third-order valence-corrected chi connectivity index (χ3v) is 3.60. The van der Waals surface area contributed by atoms with E-state index < -0.39 is 0 Å². The molecule has 1 amide bonds. The van der Waals surface area contributed by atoms with Gasteiger partial charge in [0.25, 0.3) is 0 Å². The summed E-state index contributed by atoms with van der Waals surface area (Å²) in [6, 6.07) is 0. The second kappa shape index (κ2) is 6.05. The van der Waals surface area contributed by atoms with Crippen LogP contribution in [0.25, 0.3) is 0 Å². The first-order chi connectivity index (χ1) is 7.99. The van der Waals surface area contributed by atoms with Crippen LogP contribution in [-0.4, -0.2) is 32.2 Å². The van der Waals surface area contributed by atoms with Gasteiger partial charge in [0, 0.05) is 13.0 Å². The smallest absolute Gasteiger partial charge is 0.239 e. The molecule has 1 aromatic heterocycles. The van der Waals surface area contributed by atoms with Crippen LogP contribution in [0.1, 0.15) is 38.9 Å². The zero-order valence-electron chi connectivity index (χ0n) is 11.0. The Morgan fingerprint density at radius 2 is 2.18 bits per heavy atom. The Bertz CT molecular complexity index is 385. The molecule has 0 aliphatic carbocycles. The molecule has 1 atom stereocenters. The number of aromatic nitrogens is 3. The monoisotopic (exact) mass is 256 g/mol. The average molecular weight is 256 g/mol. The van der Waals surface area contributed by atoms with Crippen molar-refractivity contribution in [1.82, 2.24) is 14.8 Å². The van der Waals surface area contributed by atoms with Gasteiger partial charge in [0.1, 0.15) is 0 Å². The highest BCUT2D eigenvalue weighted by atomic mass is 32.2. The molecule has 0 saturated carbocycles. The lowest BCUT2D eigenvalue weighted by molar-refractivity contribution is -0.115. The number of hydrogen-bond donors (Lipinski definition) is 1. The van der Waals surface area contributed by atoms with E-state index in [0.717, 1.165) is 12.2 Å². The topological polar surface area (TPSA) is 59.8 Å². The molecule has 1 heterocycles. The van der Waals surface area contributed by atoms with Gasteiger partial charge in [-0.3, -0.25) is 10.1 Å². The molecule has 1 aromatic rings. The van der Waals surface area contributed by atoms with Crippen LogP contribution >= 0.6 is 11.8 Å². The lowest BCUT2D eigenvalue weighted by atomic mass is 10.2. The Morgan fingerprint density at radius 1 is 1.53 bits per heavy atom. The first-order valence-electron chi connectivity index (χ1n) is 5.74. The summed E-state index contributed by atoms with van der Waals surface area (Å²) in [5.74, 6) is 1.52. The van der Waals surface area contributed by atoms with Gasteiger partial charge in [-0.2, -0.15) is 21.8 Å². The number of hydrogen-bond acceptors (Lipinski definition) is 4. The van der Waals surface area contributed by atoms with Gasteiger partial charge in [0.2, 0.25) is 11.9 Å². The Hall–Kier alpha value is -1.04. The van der Waals surface area contributed by atoms with E-state index in [2.05, 4.69) is 15.4 Å². The maximum absolute atomic E-state index is 11.9. The van der Waals surface area contributed by atoms with Crippen molar-refractivity contribution in [1.29, 1.82) is 0 Å². The largest absolute Gasteiger partial charge is 0.294 e. The van der Waals surface area contributed by atoms with E-state index in [0.29, 0.717) is 5.95 Å². The number of anilines is 1. The molecule has 1 N–H and O–H groups in total. The Kier molecular flexibility index (Phi) is 4.99. The Labute approximate surface area is 106 Å². The van der Waals surface area contributed by atoms with Gasteiger partial charge in [0.15, 0.2) is 5.82 Å². The van der Waals surface area contributed by atoms with Crippen molar-refractivity contribution in [2.45, 2.75) is 38.4 Å². The molecule has 1 rings (SSSR count). The molecule has 0 spiro atoms. The van der Waals surface area contributed by atoms with E-state index in [-0.39, 0.29) is 17.1 Å². The molecular formula is C11H20N4OS. The molecule has 0 fully saturated rings. The minimum atomic E-state index is -0.0331. The van der Waals surface area contributed by atoms with Gasteiger partial charge < -0.3 is 0 Å². The van der Waals surface area contributed by atoms with Crippen molar-refractivity contribution >= 4 is 23.6 Å². The third kappa shape index (κ3) is 3.46. The lowest BCUT2D eigenvalue weighted by Crippen LogP contribution is -2.25. The molecule has 0 unspecified atom stereocenters. The summed E-state index contributed by atoms with van der Waals surface area (Å²) in [6.45, 7) is 6.05. The van der Waals surface area contributed by atoms with Gasteiger partial charge in [-0.1, -0.05) is 20.8 Å². The van der Waals surface area contributed by atoms with Crippen molar-refractivity contribution in [2.75, 3.05) is 11.6 Å². The number of nitrogens with one attached hydrogen (secondary N) is 1.